The van der Waals surface area contributed by atoms with Gasteiger partial charge in [0, 0.05) is 25.6 Å². The second-order valence-corrected chi connectivity index (χ2v) is 5.21. The molecular formula is C15H18F2N2O2. The molecule has 1 aromatic carbocycles. The number of rotatable bonds is 5. The van der Waals surface area contributed by atoms with Crippen molar-refractivity contribution in [1.29, 1.82) is 0 Å². The minimum Gasteiger partial charge on any atom is -0.342 e. The molecule has 0 aromatic heterocycles. The number of hydrogen-bond donors (Lipinski definition) is 1. The van der Waals surface area contributed by atoms with Gasteiger partial charge in [-0.3, -0.25) is 9.59 Å². The van der Waals surface area contributed by atoms with Crippen LogP contribution in [0.5, 0.6) is 0 Å². The lowest BCUT2D eigenvalue weighted by molar-refractivity contribution is -0.128. The first kappa shape index (κ1) is 15.4. The molecule has 6 heteroatoms. The van der Waals surface area contributed by atoms with Crippen LogP contribution in [0.4, 0.5) is 14.5 Å². The third-order valence-electron chi connectivity index (χ3n) is 3.56. The summed E-state index contributed by atoms with van der Waals surface area (Å²) in [6.45, 7) is 3.03. The second-order valence-electron chi connectivity index (χ2n) is 5.21. The van der Waals surface area contributed by atoms with E-state index >= 15 is 0 Å². The number of carbonyl (C=O) groups is 2. The summed E-state index contributed by atoms with van der Waals surface area (Å²) in [4.78, 5) is 25.5. The Balaban J connectivity index is 1.96. The smallest absolute Gasteiger partial charge is 0.229 e. The van der Waals surface area contributed by atoms with Crippen LogP contribution in [-0.2, 0) is 9.59 Å². The van der Waals surface area contributed by atoms with Gasteiger partial charge >= 0.3 is 0 Å². The van der Waals surface area contributed by atoms with Crippen LogP contribution in [0.25, 0.3) is 0 Å². The van der Waals surface area contributed by atoms with Gasteiger partial charge in [0.25, 0.3) is 0 Å². The van der Waals surface area contributed by atoms with Gasteiger partial charge in [-0.05, 0) is 18.6 Å². The Morgan fingerprint density at radius 1 is 1.43 bits per heavy atom. The van der Waals surface area contributed by atoms with Gasteiger partial charge in [0.1, 0.15) is 11.6 Å². The number of carbonyl (C=O) groups excluding carboxylic acids is 2. The van der Waals surface area contributed by atoms with Crippen molar-refractivity contribution in [1.82, 2.24) is 4.90 Å². The maximum atomic E-state index is 13.5. The van der Waals surface area contributed by atoms with Crippen LogP contribution in [0.2, 0.25) is 0 Å². The monoisotopic (exact) mass is 296 g/mol. The first-order valence-electron chi connectivity index (χ1n) is 7.05. The third-order valence-corrected chi connectivity index (χ3v) is 3.56. The number of amides is 2. The Bertz CT molecular complexity index is 548. The van der Waals surface area contributed by atoms with E-state index in [1.54, 1.807) is 4.90 Å². The van der Waals surface area contributed by atoms with Gasteiger partial charge in [0.05, 0.1) is 11.6 Å². The molecule has 4 nitrogen and oxygen atoms in total. The summed E-state index contributed by atoms with van der Waals surface area (Å²) in [7, 11) is 0. The van der Waals surface area contributed by atoms with E-state index in [0.717, 1.165) is 18.9 Å². The van der Waals surface area contributed by atoms with E-state index in [1.807, 2.05) is 6.92 Å². The molecule has 2 amide bonds. The normalized spacial score (nSPS) is 18.1. The molecule has 1 fully saturated rings. The van der Waals surface area contributed by atoms with Crippen LogP contribution in [0, 0.1) is 17.6 Å². The summed E-state index contributed by atoms with van der Waals surface area (Å²) >= 11 is 0. The summed E-state index contributed by atoms with van der Waals surface area (Å²) in [5.74, 6) is -2.47. The largest absolute Gasteiger partial charge is 0.342 e. The average Bonchev–Trinajstić information content (AvgIpc) is 2.81. The number of hydrogen-bond acceptors (Lipinski definition) is 2. The molecular weight excluding hydrogens is 278 g/mol. The summed E-state index contributed by atoms with van der Waals surface area (Å²) in [6, 6.07) is 2.96. The van der Waals surface area contributed by atoms with Crippen molar-refractivity contribution in [2.75, 3.05) is 18.4 Å². The Hall–Kier alpha value is -1.98. The zero-order valence-electron chi connectivity index (χ0n) is 11.9. The van der Waals surface area contributed by atoms with Gasteiger partial charge in [-0.2, -0.15) is 0 Å². The maximum absolute atomic E-state index is 13.5. The van der Waals surface area contributed by atoms with E-state index in [2.05, 4.69) is 5.32 Å². The predicted octanol–water partition coefficient (Wildman–Crippen LogP) is 2.55. The topological polar surface area (TPSA) is 49.4 Å². The lowest BCUT2D eigenvalue weighted by Gasteiger charge is -2.16. The first-order valence-corrected chi connectivity index (χ1v) is 7.05. The molecule has 1 atom stereocenters. The highest BCUT2D eigenvalue weighted by molar-refractivity contribution is 5.97. The molecule has 1 aliphatic heterocycles. The van der Waals surface area contributed by atoms with Gasteiger partial charge in [0.15, 0.2) is 0 Å². The molecule has 0 saturated carbocycles. The molecule has 0 aliphatic carbocycles. The van der Waals surface area contributed by atoms with Gasteiger partial charge < -0.3 is 10.2 Å². The van der Waals surface area contributed by atoms with E-state index in [0.29, 0.717) is 19.2 Å². The lowest BCUT2D eigenvalue weighted by atomic mass is 10.1. The maximum Gasteiger partial charge on any atom is 0.229 e. The number of likely N-dealkylation sites (tertiary alicyclic amines) is 1. The van der Waals surface area contributed by atoms with Crippen molar-refractivity contribution in [3.63, 3.8) is 0 Å². The minimum atomic E-state index is -0.824. The fraction of sp³-hybridized carbons (Fsp3) is 0.467. The van der Waals surface area contributed by atoms with Crippen LogP contribution in [-0.4, -0.2) is 29.8 Å². The van der Waals surface area contributed by atoms with Gasteiger partial charge in [-0.25, -0.2) is 8.78 Å². The number of nitrogens with zero attached hydrogens (tertiary/aromatic N) is 1. The van der Waals surface area contributed by atoms with Crippen molar-refractivity contribution in [3.8, 4) is 0 Å². The predicted molar refractivity (Wildman–Crippen MR) is 74.6 cm³/mol. The van der Waals surface area contributed by atoms with E-state index in [4.69, 9.17) is 0 Å². The van der Waals surface area contributed by atoms with Crippen molar-refractivity contribution in [3.05, 3.63) is 29.8 Å². The number of benzene rings is 1. The van der Waals surface area contributed by atoms with Crippen LogP contribution < -0.4 is 5.32 Å². The molecule has 0 radical (unpaired) electrons. The molecule has 1 aliphatic rings. The van der Waals surface area contributed by atoms with Crippen LogP contribution in [0.15, 0.2) is 18.2 Å². The van der Waals surface area contributed by atoms with Crippen molar-refractivity contribution in [2.24, 2.45) is 5.92 Å². The van der Waals surface area contributed by atoms with Crippen LogP contribution in [0.3, 0.4) is 0 Å². The Kier molecular flexibility index (Phi) is 4.88. The van der Waals surface area contributed by atoms with Crippen molar-refractivity contribution in [2.45, 2.75) is 26.2 Å². The van der Waals surface area contributed by atoms with Gasteiger partial charge in [-0.15, -0.1) is 0 Å². The zero-order valence-corrected chi connectivity index (χ0v) is 11.9. The molecule has 1 heterocycles. The Morgan fingerprint density at radius 2 is 2.19 bits per heavy atom. The standard InChI is InChI=1S/C15H18F2N2O2/c1-2-3-6-19-9-10(7-14(19)20)15(21)18-13-5-4-11(16)8-12(13)17/h4-5,8,10H,2-3,6-7,9H2,1H3,(H,18,21)/t10-/m1/s1. The second kappa shape index (κ2) is 6.65. The SMILES string of the molecule is CCCCN1C[C@H](C(=O)Nc2ccc(F)cc2F)CC1=O. The highest BCUT2D eigenvalue weighted by Gasteiger charge is 2.34. The van der Waals surface area contributed by atoms with E-state index in [9.17, 15) is 18.4 Å². The summed E-state index contributed by atoms with van der Waals surface area (Å²) in [6.07, 6.45) is 2.01. The third kappa shape index (κ3) is 3.77. The van der Waals surface area contributed by atoms with Crippen LogP contribution in [0.1, 0.15) is 26.2 Å². The fourth-order valence-corrected chi connectivity index (χ4v) is 2.34. The minimum absolute atomic E-state index is 0.0526. The molecule has 0 unspecified atom stereocenters. The molecule has 1 aromatic rings. The number of anilines is 1. The van der Waals surface area contributed by atoms with Crippen LogP contribution >= 0.6 is 0 Å². The Labute approximate surface area is 122 Å². The summed E-state index contributed by atoms with van der Waals surface area (Å²) in [5.41, 5.74) is -0.0687. The molecule has 1 N–H and O–H groups in total. The van der Waals surface area contributed by atoms with E-state index in [-0.39, 0.29) is 18.0 Å². The summed E-state index contributed by atoms with van der Waals surface area (Å²) < 4.78 is 26.3. The molecule has 0 spiro atoms. The first-order chi connectivity index (χ1) is 10.0. The van der Waals surface area contributed by atoms with Gasteiger partial charge in [0.2, 0.25) is 11.8 Å². The number of nitrogens with one attached hydrogen (secondary N) is 1. The molecule has 2 rings (SSSR count). The highest BCUT2D eigenvalue weighted by atomic mass is 19.1. The number of halogens is 2. The number of unbranched alkanes of at least 4 members (excludes halogenated alkanes) is 1. The van der Waals surface area contributed by atoms with Crippen molar-refractivity contribution >= 4 is 17.5 Å². The molecule has 1 saturated heterocycles. The average molecular weight is 296 g/mol. The van der Waals surface area contributed by atoms with Crippen molar-refractivity contribution < 1.29 is 18.4 Å². The van der Waals surface area contributed by atoms with E-state index < -0.39 is 23.5 Å². The molecule has 114 valence electrons. The molecule has 21 heavy (non-hydrogen) atoms. The Morgan fingerprint density at radius 3 is 2.86 bits per heavy atom. The zero-order chi connectivity index (χ0) is 15.4. The van der Waals surface area contributed by atoms with Gasteiger partial charge in [-0.1, -0.05) is 13.3 Å². The quantitative estimate of drug-likeness (QED) is 0.908. The van der Waals surface area contributed by atoms with E-state index in [1.165, 1.54) is 6.07 Å². The molecule has 0 bridgehead atoms. The fourth-order valence-electron chi connectivity index (χ4n) is 2.34. The highest BCUT2D eigenvalue weighted by Crippen LogP contribution is 2.22. The lowest BCUT2D eigenvalue weighted by Crippen LogP contribution is -2.29. The summed E-state index contributed by atoms with van der Waals surface area (Å²) in [5, 5.41) is 2.42.